The van der Waals surface area contributed by atoms with Gasteiger partial charge in [0, 0.05) is 37.8 Å². The number of furan rings is 1. The topological polar surface area (TPSA) is 63.3 Å². The number of fused-ring (bicyclic) bond motifs is 4. The van der Waals surface area contributed by atoms with Crippen LogP contribution in [-0.2, 0) is 24.9 Å². The molecule has 2 heterocycles. The minimum Gasteiger partial charge on any atom is -0.512 e. The number of carbonyl (C=O) groups excluding carboxylic acids is 1. The molecule has 0 atom stereocenters. The van der Waals surface area contributed by atoms with E-state index in [1.165, 1.54) is 87.6 Å². The van der Waals surface area contributed by atoms with Crippen molar-refractivity contribution in [1.29, 1.82) is 0 Å². The number of allylic oxidation sites excluding steroid dienone is 2. The third-order valence-electron chi connectivity index (χ3n) is 9.16. The van der Waals surface area contributed by atoms with E-state index in [2.05, 4.69) is 55.5 Å². The Kier molecular flexibility index (Phi) is 9.01. The number of hydrogen-bond acceptors (Lipinski definition) is 4. The molecule has 5 aromatic rings. The predicted octanol–water partition coefficient (Wildman–Crippen LogP) is 10.2. The van der Waals surface area contributed by atoms with Crippen molar-refractivity contribution in [2.75, 3.05) is 0 Å². The minimum absolute atomic E-state index is 0. The van der Waals surface area contributed by atoms with Crippen LogP contribution in [0, 0.1) is 18.4 Å². The third-order valence-corrected chi connectivity index (χ3v) is 9.16. The number of aliphatic hydroxyl groups excluding tert-OH is 1. The Balaban J connectivity index is 0.000000396. The van der Waals surface area contributed by atoms with Gasteiger partial charge in [-0.2, -0.15) is 0 Å². The zero-order chi connectivity index (χ0) is 28.6. The predicted molar refractivity (Wildman–Crippen MR) is 167 cm³/mol. The molecule has 0 amide bonds. The molecule has 4 nitrogen and oxygen atoms in total. The Morgan fingerprint density at radius 3 is 2.40 bits per heavy atom. The number of benzene rings is 3. The summed E-state index contributed by atoms with van der Waals surface area (Å²) in [6, 6.07) is 23.2. The standard InChI is InChI=1S/C32H30NO.C5H8O2.Ir/c1-21-18-27-26-6-2-3-7-29(26)34-31(27)28(19-21)30-25-9-8-23(20-24(25)12-17-33-30)22-10-15-32(16-11-22)13-4-5-14-32;1-4(6)3-5(2)7;/h2-3,6-9,12,17-18,20,22H,4-5,10-11,13-16H2,1H3;3,6H,1-2H3;/q-1;;/b;4-3-;. The van der Waals surface area contributed by atoms with Gasteiger partial charge in [0.2, 0.25) is 0 Å². The third kappa shape index (κ3) is 6.09. The first-order chi connectivity index (χ1) is 19.8. The van der Waals surface area contributed by atoms with Gasteiger partial charge in [-0.15, -0.1) is 17.7 Å². The van der Waals surface area contributed by atoms with Crippen LogP contribution in [0.1, 0.15) is 82.3 Å². The fourth-order valence-electron chi connectivity index (χ4n) is 7.20. The van der Waals surface area contributed by atoms with Gasteiger partial charge in [-0.05, 0) is 97.9 Å². The molecular formula is C37H38IrNO3-. The van der Waals surface area contributed by atoms with Crippen LogP contribution in [0.5, 0.6) is 0 Å². The molecule has 42 heavy (non-hydrogen) atoms. The second-order valence-corrected chi connectivity index (χ2v) is 12.2. The van der Waals surface area contributed by atoms with Gasteiger partial charge < -0.3 is 14.5 Å². The second kappa shape index (κ2) is 12.5. The van der Waals surface area contributed by atoms with E-state index in [0.717, 1.165) is 38.8 Å². The number of aliphatic hydroxyl groups is 1. The van der Waals surface area contributed by atoms with Gasteiger partial charge in [-0.1, -0.05) is 67.1 Å². The van der Waals surface area contributed by atoms with Crippen molar-refractivity contribution in [3.63, 3.8) is 0 Å². The first-order valence-corrected chi connectivity index (χ1v) is 14.9. The smallest absolute Gasteiger partial charge is 0.155 e. The minimum atomic E-state index is -0.125. The Morgan fingerprint density at radius 1 is 0.976 bits per heavy atom. The van der Waals surface area contributed by atoms with Gasteiger partial charge >= 0.3 is 0 Å². The zero-order valence-electron chi connectivity index (χ0n) is 24.6. The number of aromatic nitrogens is 1. The molecule has 2 aliphatic rings. The van der Waals surface area contributed by atoms with E-state index in [-0.39, 0.29) is 31.6 Å². The second-order valence-electron chi connectivity index (χ2n) is 12.2. The van der Waals surface area contributed by atoms with Gasteiger partial charge in [-0.25, -0.2) is 0 Å². The van der Waals surface area contributed by atoms with Gasteiger partial charge in [0.25, 0.3) is 0 Å². The van der Waals surface area contributed by atoms with Crippen LogP contribution in [-0.4, -0.2) is 15.9 Å². The average molecular weight is 737 g/mol. The van der Waals surface area contributed by atoms with Crippen LogP contribution < -0.4 is 0 Å². The quantitative estimate of drug-likeness (QED) is 0.114. The van der Waals surface area contributed by atoms with Gasteiger partial charge in [0.1, 0.15) is 5.58 Å². The average Bonchev–Trinajstić information content (AvgIpc) is 3.57. The molecule has 2 saturated carbocycles. The van der Waals surface area contributed by atoms with Crippen molar-refractivity contribution < 1.29 is 34.4 Å². The maximum absolute atomic E-state index is 10.0. The monoisotopic (exact) mass is 737 g/mol. The van der Waals surface area contributed by atoms with Crippen molar-refractivity contribution in [2.24, 2.45) is 5.41 Å². The molecule has 0 saturated heterocycles. The van der Waals surface area contributed by atoms with Gasteiger partial charge in [-0.3, -0.25) is 4.79 Å². The Labute approximate surface area is 261 Å². The first-order valence-electron chi connectivity index (χ1n) is 14.9. The summed E-state index contributed by atoms with van der Waals surface area (Å²) in [5.41, 5.74) is 7.01. The summed E-state index contributed by atoms with van der Waals surface area (Å²) in [5.74, 6) is 0.632. The molecule has 2 aliphatic carbocycles. The van der Waals surface area contributed by atoms with Crippen LogP contribution in [0.2, 0.25) is 0 Å². The molecule has 3 aromatic carbocycles. The van der Waals surface area contributed by atoms with E-state index in [1.807, 2.05) is 18.3 Å². The molecule has 0 unspecified atom stereocenters. The molecule has 0 bridgehead atoms. The van der Waals surface area contributed by atoms with Crippen LogP contribution in [0.15, 0.2) is 77.0 Å². The van der Waals surface area contributed by atoms with Crippen LogP contribution in [0.25, 0.3) is 44.0 Å². The summed E-state index contributed by atoms with van der Waals surface area (Å²) in [5, 5.41) is 13.1. The molecule has 2 aromatic heterocycles. The van der Waals surface area contributed by atoms with E-state index >= 15 is 0 Å². The molecule has 1 spiro atoms. The number of hydrogen-bond donors (Lipinski definition) is 1. The van der Waals surface area contributed by atoms with Gasteiger partial charge in [0.15, 0.2) is 5.78 Å². The molecule has 2 fully saturated rings. The first kappa shape index (κ1) is 30.2. The van der Waals surface area contributed by atoms with Crippen molar-refractivity contribution in [1.82, 2.24) is 4.98 Å². The van der Waals surface area contributed by atoms with Crippen molar-refractivity contribution in [3.8, 4) is 11.3 Å². The van der Waals surface area contributed by atoms with Crippen molar-refractivity contribution in [3.05, 3.63) is 89.8 Å². The number of pyridine rings is 1. The Morgan fingerprint density at radius 2 is 1.71 bits per heavy atom. The SMILES string of the molecule is CC(=O)/C=C(/C)O.Cc1[c-]c(-c2nccc3cc(C4CCC5(CCCC5)CC4)ccc23)c2oc3ccccc3c2c1.[Ir]. The molecule has 0 aliphatic heterocycles. The van der Waals surface area contributed by atoms with Crippen LogP contribution >= 0.6 is 0 Å². The molecule has 5 heteroatoms. The van der Waals surface area contributed by atoms with Crippen LogP contribution in [0.4, 0.5) is 0 Å². The van der Waals surface area contributed by atoms with E-state index in [4.69, 9.17) is 14.5 Å². The van der Waals surface area contributed by atoms with Crippen molar-refractivity contribution in [2.45, 2.75) is 78.1 Å². The van der Waals surface area contributed by atoms with Crippen molar-refractivity contribution >= 4 is 38.5 Å². The normalized spacial score (nSPS) is 16.9. The van der Waals surface area contributed by atoms with E-state index < -0.39 is 0 Å². The summed E-state index contributed by atoms with van der Waals surface area (Å²) >= 11 is 0. The largest absolute Gasteiger partial charge is 0.512 e. The number of para-hydroxylation sites is 1. The van der Waals surface area contributed by atoms with E-state index in [9.17, 15) is 4.79 Å². The van der Waals surface area contributed by atoms with Gasteiger partial charge in [0.05, 0.1) is 11.3 Å². The number of rotatable bonds is 3. The summed E-state index contributed by atoms with van der Waals surface area (Å²) in [6.45, 7) is 4.95. The molecule has 7 rings (SSSR count). The zero-order valence-corrected chi connectivity index (χ0v) is 27.0. The molecule has 1 N–H and O–H groups in total. The molecule has 219 valence electrons. The van der Waals surface area contributed by atoms with E-state index in [1.54, 1.807) is 0 Å². The maximum atomic E-state index is 10.0. The van der Waals surface area contributed by atoms with E-state index in [0.29, 0.717) is 11.3 Å². The number of nitrogens with zero attached hydrogens (tertiary/aromatic N) is 1. The summed E-state index contributed by atoms with van der Waals surface area (Å²) < 4.78 is 6.34. The summed E-state index contributed by atoms with van der Waals surface area (Å²) in [4.78, 5) is 14.9. The number of ketones is 1. The summed E-state index contributed by atoms with van der Waals surface area (Å²) in [6.07, 6.45) is 14.5. The molecular weight excluding hydrogens is 699 g/mol. The number of aryl methyl sites for hydroxylation is 1. The summed E-state index contributed by atoms with van der Waals surface area (Å²) in [7, 11) is 0. The maximum Gasteiger partial charge on any atom is 0.155 e. The molecule has 1 radical (unpaired) electrons. The fourth-order valence-corrected chi connectivity index (χ4v) is 7.20. The van der Waals surface area contributed by atoms with Crippen LogP contribution in [0.3, 0.4) is 0 Å². The fraction of sp³-hybridized carbons (Fsp3) is 0.351. The Hall–Kier alpha value is -3.27. The number of carbonyl (C=O) groups is 1. The Bertz CT molecular complexity index is 1760.